The molecule has 1 atom stereocenters. The number of nitrogens with zero attached hydrogens (tertiary/aromatic N) is 1. The van der Waals surface area contributed by atoms with Gasteiger partial charge in [-0.2, -0.15) is 0 Å². The monoisotopic (exact) mass is 260 g/mol. The molecule has 0 aliphatic carbocycles. The third-order valence-electron chi connectivity index (χ3n) is 2.58. The maximum absolute atomic E-state index is 9.98. The predicted molar refractivity (Wildman–Crippen MR) is 75.5 cm³/mol. The summed E-state index contributed by atoms with van der Waals surface area (Å²) in [6.07, 6.45) is 3.50. The summed E-state index contributed by atoms with van der Waals surface area (Å²) >= 11 is 1.64. The van der Waals surface area contributed by atoms with Crippen LogP contribution in [0.2, 0.25) is 0 Å². The topological polar surface area (TPSA) is 59.1 Å². The maximum atomic E-state index is 9.98. The second kappa shape index (κ2) is 6.42. The van der Waals surface area contributed by atoms with Crippen molar-refractivity contribution in [3.05, 3.63) is 54.4 Å². The lowest BCUT2D eigenvalue weighted by atomic mass is 10.1. The molecule has 0 aliphatic heterocycles. The average Bonchev–Trinajstić information content (AvgIpc) is 2.40. The average molecular weight is 260 g/mol. The summed E-state index contributed by atoms with van der Waals surface area (Å²) in [6.45, 7) is 0. The Morgan fingerprint density at radius 1 is 1.22 bits per heavy atom. The molecule has 0 aliphatic rings. The number of anilines is 1. The second-order valence-electron chi connectivity index (χ2n) is 4.06. The highest BCUT2D eigenvalue weighted by Gasteiger charge is 2.08. The fourth-order valence-electron chi connectivity index (χ4n) is 1.63. The van der Waals surface area contributed by atoms with Crippen LogP contribution in [0.1, 0.15) is 5.56 Å². The molecule has 2 rings (SSSR count). The molecular weight excluding hydrogens is 244 g/mol. The Labute approximate surface area is 111 Å². The van der Waals surface area contributed by atoms with Crippen molar-refractivity contribution in [2.75, 3.05) is 11.5 Å². The van der Waals surface area contributed by atoms with Gasteiger partial charge in [0, 0.05) is 35.2 Å². The molecule has 0 amide bonds. The van der Waals surface area contributed by atoms with Gasteiger partial charge in [0.15, 0.2) is 0 Å². The van der Waals surface area contributed by atoms with Crippen LogP contribution in [0, 0.1) is 0 Å². The predicted octanol–water partition coefficient (Wildman–Crippen LogP) is 2.36. The molecule has 1 heterocycles. The van der Waals surface area contributed by atoms with Gasteiger partial charge in [-0.25, -0.2) is 0 Å². The van der Waals surface area contributed by atoms with Crippen LogP contribution in [-0.4, -0.2) is 21.9 Å². The van der Waals surface area contributed by atoms with E-state index >= 15 is 0 Å². The zero-order chi connectivity index (χ0) is 12.8. The molecule has 1 aromatic carbocycles. The van der Waals surface area contributed by atoms with Crippen molar-refractivity contribution >= 4 is 17.4 Å². The molecule has 3 N–H and O–H groups in total. The minimum atomic E-state index is -0.415. The number of thioether (sulfide) groups is 1. The fourth-order valence-corrected chi connectivity index (χ4v) is 2.48. The SMILES string of the molecule is Nc1ccncc1CC(O)CSc1ccccc1. The lowest BCUT2D eigenvalue weighted by Crippen LogP contribution is -2.14. The minimum absolute atomic E-state index is 0.415. The van der Waals surface area contributed by atoms with Crippen LogP contribution in [0.4, 0.5) is 5.69 Å². The largest absolute Gasteiger partial charge is 0.398 e. The quantitative estimate of drug-likeness (QED) is 0.810. The van der Waals surface area contributed by atoms with Crippen molar-refractivity contribution in [3.63, 3.8) is 0 Å². The number of rotatable bonds is 5. The molecule has 0 spiro atoms. The fraction of sp³-hybridized carbons (Fsp3) is 0.214. The Morgan fingerprint density at radius 3 is 2.72 bits per heavy atom. The first-order chi connectivity index (χ1) is 8.75. The summed E-state index contributed by atoms with van der Waals surface area (Å²) in [7, 11) is 0. The van der Waals surface area contributed by atoms with Gasteiger partial charge in [0.25, 0.3) is 0 Å². The van der Waals surface area contributed by atoms with Crippen LogP contribution in [-0.2, 0) is 6.42 Å². The summed E-state index contributed by atoms with van der Waals surface area (Å²) in [5.74, 6) is 0.651. The van der Waals surface area contributed by atoms with E-state index in [1.807, 2.05) is 30.3 Å². The van der Waals surface area contributed by atoms with Crippen molar-refractivity contribution in [3.8, 4) is 0 Å². The number of hydrogen-bond acceptors (Lipinski definition) is 4. The standard InChI is InChI=1S/C14H16N2OS/c15-14-6-7-16-9-11(14)8-12(17)10-18-13-4-2-1-3-5-13/h1-7,9,12,17H,8,10H2,(H2,15,16). The smallest absolute Gasteiger partial charge is 0.0675 e. The first-order valence-corrected chi connectivity index (χ1v) is 6.78. The summed E-state index contributed by atoms with van der Waals surface area (Å²) in [5.41, 5.74) is 7.41. The lowest BCUT2D eigenvalue weighted by molar-refractivity contribution is 0.200. The lowest BCUT2D eigenvalue weighted by Gasteiger charge is -2.11. The van der Waals surface area contributed by atoms with Gasteiger partial charge in [-0.1, -0.05) is 18.2 Å². The molecule has 18 heavy (non-hydrogen) atoms. The number of pyridine rings is 1. The van der Waals surface area contributed by atoms with E-state index in [-0.39, 0.29) is 0 Å². The van der Waals surface area contributed by atoms with Gasteiger partial charge >= 0.3 is 0 Å². The Balaban J connectivity index is 1.86. The van der Waals surface area contributed by atoms with E-state index in [0.29, 0.717) is 17.9 Å². The van der Waals surface area contributed by atoms with E-state index in [1.165, 1.54) is 0 Å². The number of hydrogen-bond donors (Lipinski definition) is 2. The van der Waals surface area contributed by atoms with Crippen LogP contribution in [0.15, 0.2) is 53.7 Å². The van der Waals surface area contributed by atoms with Crippen molar-refractivity contribution in [1.29, 1.82) is 0 Å². The molecule has 94 valence electrons. The number of aliphatic hydroxyl groups excluding tert-OH is 1. The van der Waals surface area contributed by atoms with E-state index in [9.17, 15) is 5.11 Å². The van der Waals surface area contributed by atoms with Crippen molar-refractivity contribution in [2.24, 2.45) is 0 Å². The van der Waals surface area contributed by atoms with Crippen molar-refractivity contribution < 1.29 is 5.11 Å². The zero-order valence-electron chi connectivity index (χ0n) is 9.99. The first kappa shape index (κ1) is 12.9. The molecule has 1 unspecified atom stereocenters. The van der Waals surface area contributed by atoms with Crippen LogP contribution < -0.4 is 5.73 Å². The highest BCUT2D eigenvalue weighted by atomic mass is 32.2. The Bertz CT molecular complexity index is 490. The highest BCUT2D eigenvalue weighted by Crippen LogP contribution is 2.20. The van der Waals surface area contributed by atoms with E-state index < -0.39 is 6.10 Å². The highest BCUT2D eigenvalue weighted by molar-refractivity contribution is 7.99. The van der Waals surface area contributed by atoms with Crippen molar-refractivity contribution in [1.82, 2.24) is 4.98 Å². The van der Waals surface area contributed by atoms with E-state index in [2.05, 4.69) is 4.98 Å². The van der Waals surface area contributed by atoms with Gasteiger partial charge in [-0.3, -0.25) is 4.98 Å². The molecular formula is C14H16N2OS. The molecule has 0 saturated carbocycles. The number of benzene rings is 1. The van der Waals surface area contributed by atoms with Crippen molar-refractivity contribution in [2.45, 2.75) is 17.4 Å². The van der Waals surface area contributed by atoms with Crippen LogP contribution in [0.5, 0.6) is 0 Å². The third kappa shape index (κ3) is 3.75. The van der Waals surface area contributed by atoms with Crippen LogP contribution >= 0.6 is 11.8 Å². The number of nitrogens with two attached hydrogens (primary N) is 1. The van der Waals surface area contributed by atoms with Gasteiger partial charge < -0.3 is 10.8 Å². The summed E-state index contributed by atoms with van der Waals surface area (Å²) in [5, 5.41) is 9.98. The molecule has 0 fully saturated rings. The molecule has 0 saturated heterocycles. The first-order valence-electron chi connectivity index (χ1n) is 5.80. The molecule has 0 bridgehead atoms. The van der Waals surface area contributed by atoms with Gasteiger partial charge in [-0.05, 0) is 23.8 Å². The Kier molecular flexibility index (Phi) is 4.61. The van der Waals surface area contributed by atoms with E-state index in [1.54, 1.807) is 30.2 Å². The maximum Gasteiger partial charge on any atom is 0.0675 e. The molecule has 1 aromatic heterocycles. The Morgan fingerprint density at radius 2 is 2.00 bits per heavy atom. The van der Waals surface area contributed by atoms with Gasteiger partial charge in [-0.15, -0.1) is 11.8 Å². The van der Waals surface area contributed by atoms with E-state index in [0.717, 1.165) is 10.5 Å². The molecule has 0 radical (unpaired) electrons. The number of nitrogen functional groups attached to an aromatic ring is 1. The molecule has 4 heteroatoms. The Hall–Kier alpha value is -1.52. The third-order valence-corrected chi connectivity index (χ3v) is 3.74. The molecule has 2 aromatic rings. The van der Waals surface area contributed by atoms with E-state index in [4.69, 9.17) is 5.73 Å². The second-order valence-corrected chi connectivity index (χ2v) is 5.15. The van der Waals surface area contributed by atoms with Crippen LogP contribution in [0.25, 0.3) is 0 Å². The van der Waals surface area contributed by atoms with Gasteiger partial charge in [0.2, 0.25) is 0 Å². The normalized spacial score (nSPS) is 12.3. The zero-order valence-corrected chi connectivity index (χ0v) is 10.8. The summed E-state index contributed by atoms with van der Waals surface area (Å²) in [6, 6.07) is 11.8. The van der Waals surface area contributed by atoms with Gasteiger partial charge in [0.05, 0.1) is 6.10 Å². The summed E-state index contributed by atoms with van der Waals surface area (Å²) in [4.78, 5) is 5.18. The summed E-state index contributed by atoms with van der Waals surface area (Å²) < 4.78 is 0. The van der Waals surface area contributed by atoms with Crippen LogP contribution in [0.3, 0.4) is 0 Å². The number of aliphatic hydroxyl groups is 1. The number of aromatic nitrogens is 1. The van der Waals surface area contributed by atoms with Gasteiger partial charge in [0.1, 0.15) is 0 Å². The minimum Gasteiger partial charge on any atom is -0.398 e. The molecule has 3 nitrogen and oxygen atoms in total.